The van der Waals surface area contributed by atoms with Gasteiger partial charge in [-0.15, -0.1) is 11.3 Å². The lowest BCUT2D eigenvalue weighted by Crippen LogP contribution is -2.27. The second-order valence-corrected chi connectivity index (χ2v) is 6.31. The second-order valence-electron chi connectivity index (χ2n) is 5.32. The number of carbonyl (C=O) groups is 1. The number of nitrogen functional groups attached to an aromatic ring is 1. The molecule has 0 saturated carbocycles. The van der Waals surface area contributed by atoms with Crippen LogP contribution in [0.15, 0.2) is 0 Å². The highest BCUT2D eigenvalue weighted by atomic mass is 32.1. The monoisotopic (exact) mass is 312 g/mol. The van der Waals surface area contributed by atoms with Crippen LogP contribution in [0.2, 0.25) is 0 Å². The molecule has 1 aliphatic heterocycles. The molecule has 1 amide bonds. The molecule has 6 nitrogen and oxygen atoms in total. The molecule has 2 heterocycles. The van der Waals surface area contributed by atoms with Gasteiger partial charge in [0.25, 0.3) is 5.91 Å². The maximum absolute atomic E-state index is 12.0. The van der Waals surface area contributed by atoms with Gasteiger partial charge in [0.05, 0.1) is 6.10 Å². The first-order valence-corrected chi connectivity index (χ1v) is 8.13. The minimum atomic E-state index is -0.162. The Morgan fingerprint density at radius 2 is 2.19 bits per heavy atom. The van der Waals surface area contributed by atoms with Crippen molar-refractivity contribution in [2.24, 2.45) is 0 Å². The van der Waals surface area contributed by atoms with E-state index in [9.17, 15) is 4.79 Å². The fourth-order valence-electron chi connectivity index (χ4n) is 2.31. The maximum atomic E-state index is 12.0. The lowest BCUT2D eigenvalue weighted by molar-refractivity contribution is 0.0967. The summed E-state index contributed by atoms with van der Waals surface area (Å²) < 4.78 is 5.89. The van der Waals surface area contributed by atoms with E-state index in [4.69, 9.17) is 10.5 Å². The summed E-state index contributed by atoms with van der Waals surface area (Å²) in [4.78, 5) is 14.8. The van der Waals surface area contributed by atoms with Crippen LogP contribution >= 0.6 is 11.3 Å². The summed E-state index contributed by atoms with van der Waals surface area (Å²) in [6, 6.07) is 0. The number of hydrogen-bond acceptors (Lipinski definition) is 6. The zero-order chi connectivity index (χ0) is 15.4. The SMILES string of the molecule is CNC(=O)c1sc(N2CCCNCC2)c(OC(C)C)c1N. The smallest absolute Gasteiger partial charge is 0.263 e. The summed E-state index contributed by atoms with van der Waals surface area (Å²) in [6.07, 6.45) is 1.08. The standard InChI is InChI=1S/C14H24N4O2S/c1-9(2)20-11-10(15)12(13(19)16-3)21-14(11)18-7-4-5-17-6-8-18/h9,17H,4-8,15H2,1-3H3,(H,16,19). The number of nitrogens with zero attached hydrogens (tertiary/aromatic N) is 1. The Morgan fingerprint density at radius 1 is 1.43 bits per heavy atom. The van der Waals surface area contributed by atoms with Crippen LogP contribution in [0, 0.1) is 0 Å². The lowest BCUT2D eigenvalue weighted by atomic mass is 10.3. The summed E-state index contributed by atoms with van der Waals surface area (Å²) in [5.41, 5.74) is 6.60. The number of ether oxygens (including phenoxy) is 1. The van der Waals surface area contributed by atoms with E-state index in [2.05, 4.69) is 15.5 Å². The van der Waals surface area contributed by atoms with Gasteiger partial charge in [0.2, 0.25) is 0 Å². The van der Waals surface area contributed by atoms with E-state index in [1.54, 1.807) is 7.05 Å². The van der Waals surface area contributed by atoms with E-state index in [1.165, 1.54) is 11.3 Å². The molecule has 0 aliphatic carbocycles. The van der Waals surface area contributed by atoms with E-state index in [1.807, 2.05) is 13.8 Å². The highest BCUT2D eigenvalue weighted by Gasteiger charge is 2.26. The molecular weight excluding hydrogens is 288 g/mol. The van der Waals surface area contributed by atoms with E-state index >= 15 is 0 Å². The van der Waals surface area contributed by atoms with Gasteiger partial charge in [-0.3, -0.25) is 4.79 Å². The van der Waals surface area contributed by atoms with Crippen LogP contribution in [0.4, 0.5) is 10.7 Å². The molecule has 21 heavy (non-hydrogen) atoms. The molecule has 4 N–H and O–H groups in total. The Bertz CT molecular complexity index is 493. The van der Waals surface area contributed by atoms with Gasteiger partial charge in [-0.05, 0) is 26.8 Å². The third-order valence-corrected chi connectivity index (χ3v) is 4.54. The van der Waals surface area contributed by atoms with Crippen LogP contribution in [-0.2, 0) is 0 Å². The molecule has 1 saturated heterocycles. The minimum Gasteiger partial charge on any atom is -0.486 e. The molecule has 0 unspecified atom stereocenters. The first-order chi connectivity index (χ1) is 10.0. The normalized spacial score (nSPS) is 15.9. The lowest BCUT2D eigenvalue weighted by Gasteiger charge is -2.22. The molecule has 0 radical (unpaired) electrons. The number of thiophene rings is 1. The Labute approximate surface area is 129 Å². The van der Waals surface area contributed by atoms with Crippen LogP contribution in [0.5, 0.6) is 5.75 Å². The summed E-state index contributed by atoms with van der Waals surface area (Å²) in [5.74, 6) is 0.487. The van der Waals surface area contributed by atoms with Gasteiger partial charge in [0.1, 0.15) is 15.6 Å². The molecular formula is C14H24N4O2S. The number of amides is 1. The highest BCUT2D eigenvalue weighted by Crippen LogP contribution is 2.45. The molecule has 0 atom stereocenters. The molecule has 1 fully saturated rings. The number of nitrogens with one attached hydrogen (secondary N) is 2. The van der Waals surface area contributed by atoms with E-state index < -0.39 is 0 Å². The van der Waals surface area contributed by atoms with Crippen LogP contribution in [0.1, 0.15) is 29.9 Å². The fraction of sp³-hybridized carbons (Fsp3) is 0.643. The largest absolute Gasteiger partial charge is 0.486 e. The predicted molar refractivity (Wildman–Crippen MR) is 87.6 cm³/mol. The first-order valence-electron chi connectivity index (χ1n) is 7.31. The summed E-state index contributed by atoms with van der Waals surface area (Å²) in [5, 5.41) is 6.97. The quantitative estimate of drug-likeness (QED) is 0.780. The maximum Gasteiger partial charge on any atom is 0.263 e. The van der Waals surface area contributed by atoms with Crippen molar-refractivity contribution in [1.82, 2.24) is 10.6 Å². The zero-order valence-corrected chi connectivity index (χ0v) is 13.7. The number of anilines is 2. The summed E-state index contributed by atoms with van der Waals surface area (Å²) in [6.45, 7) is 7.69. The average Bonchev–Trinajstić information content (AvgIpc) is 2.67. The van der Waals surface area contributed by atoms with Crippen molar-refractivity contribution < 1.29 is 9.53 Å². The molecule has 118 valence electrons. The predicted octanol–water partition coefficient (Wildman–Crippen LogP) is 1.28. The highest BCUT2D eigenvalue weighted by molar-refractivity contribution is 7.19. The van der Waals surface area contributed by atoms with Crippen LogP contribution < -0.4 is 26.0 Å². The minimum absolute atomic E-state index is 0.0169. The topological polar surface area (TPSA) is 79.6 Å². The molecule has 0 bridgehead atoms. The van der Waals surface area contributed by atoms with Crippen molar-refractivity contribution >= 4 is 27.9 Å². The molecule has 1 aromatic rings. The van der Waals surface area contributed by atoms with Gasteiger partial charge >= 0.3 is 0 Å². The van der Waals surface area contributed by atoms with E-state index in [0.717, 1.165) is 37.6 Å². The van der Waals surface area contributed by atoms with Crippen LogP contribution in [0.25, 0.3) is 0 Å². The fourth-order valence-corrected chi connectivity index (χ4v) is 3.46. The zero-order valence-electron chi connectivity index (χ0n) is 12.9. The Hall–Kier alpha value is -1.47. The Balaban J connectivity index is 2.38. The summed E-state index contributed by atoms with van der Waals surface area (Å²) >= 11 is 1.41. The third kappa shape index (κ3) is 3.59. The number of hydrogen-bond donors (Lipinski definition) is 3. The number of rotatable bonds is 4. The van der Waals surface area contributed by atoms with Gasteiger partial charge in [-0.25, -0.2) is 0 Å². The van der Waals surface area contributed by atoms with Gasteiger partial charge in [0, 0.05) is 26.7 Å². The molecule has 1 aromatic heterocycles. The molecule has 0 spiro atoms. The van der Waals surface area contributed by atoms with Gasteiger partial charge in [0.15, 0.2) is 5.75 Å². The third-order valence-electron chi connectivity index (χ3n) is 3.30. The van der Waals surface area contributed by atoms with E-state index in [-0.39, 0.29) is 12.0 Å². The van der Waals surface area contributed by atoms with Crippen molar-refractivity contribution in [1.29, 1.82) is 0 Å². The van der Waals surface area contributed by atoms with Crippen LogP contribution in [-0.4, -0.2) is 45.2 Å². The molecule has 0 aromatic carbocycles. The Morgan fingerprint density at radius 3 is 2.86 bits per heavy atom. The van der Waals surface area contributed by atoms with Gasteiger partial charge in [-0.2, -0.15) is 0 Å². The second kappa shape index (κ2) is 7.00. The molecule has 7 heteroatoms. The van der Waals surface area contributed by atoms with Gasteiger partial charge in [-0.1, -0.05) is 0 Å². The first kappa shape index (κ1) is 15.9. The van der Waals surface area contributed by atoms with E-state index in [0.29, 0.717) is 16.3 Å². The van der Waals surface area contributed by atoms with Crippen molar-refractivity contribution in [2.75, 3.05) is 43.9 Å². The number of nitrogens with two attached hydrogens (primary N) is 1. The van der Waals surface area contributed by atoms with Crippen molar-refractivity contribution in [3.8, 4) is 5.75 Å². The molecule has 2 rings (SSSR count). The van der Waals surface area contributed by atoms with Crippen molar-refractivity contribution in [2.45, 2.75) is 26.4 Å². The van der Waals surface area contributed by atoms with Crippen molar-refractivity contribution in [3.63, 3.8) is 0 Å². The van der Waals surface area contributed by atoms with Gasteiger partial charge < -0.3 is 26.0 Å². The number of carbonyl (C=O) groups excluding carboxylic acids is 1. The van der Waals surface area contributed by atoms with Crippen molar-refractivity contribution in [3.05, 3.63) is 4.88 Å². The summed E-state index contributed by atoms with van der Waals surface area (Å²) in [7, 11) is 1.61. The van der Waals surface area contributed by atoms with Crippen LogP contribution in [0.3, 0.4) is 0 Å². The Kier molecular flexibility index (Phi) is 5.30. The average molecular weight is 312 g/mol. The molecule has 1 aliphatic rings.